The van der Waals surface area contributed by atoms with E-state index in [0.717, 1.165) is 0 Å². The van der Waals surface area contributed by atoms with Crippen LogP contribution in [-0.4, -0.2) is 35.3 Å². The van der Waals surface area contributed by atoms with Crippen molar-refractivity contribution < 1.29 is 14.0 Å². The quantitative estimate of drug-likeness (QED) is 0.780. The van der Waals surface area contributed by atoms with E-state index in [2.05, 4.69) is 10.3 Å². The fourth-order valence-electron chi connectivity index (χ4n) is 2.30. The molecule has 0 fully saturated rings. The van der Waals surface area contributed by atoms with Crippen LogP contribution in [0, 0.1) is 5.82 Å². The van der Waals surface area contributed by atoms with Crippen LogP contribution in [-0.2, 0) is 9.59 Å². The van der Waals surface area contributed by atoms with Gasteiger partial charge in [0.05, 0.1) is 12.2 Å². The molecule has 6 nitrogen and oxygen atoms in total. The summed E-state index contributed by atoms with van der Waals surface area (Å²) in [5.74, 6) is -1.58. The first-order chi connectivity index (χ1) is 11.4. The van der Waals surface area contributed by atoms with E-state index in [4.69, 9.17) is 17.3 Å². The Labute approximate surface area is 143 Å². The van der Waals surface area contributed by atoms with Gasteiger partial charge in [-0.3, -0.25) is 14.5 Å². The number of nitrogens with zero attached hydrogens (tertiary/aromatic N) is 2. The van der Waals surface area contributed by atoms with Gasteiger partial charge >= 0.3 is 0 Å². The first-order valence-electron chi connectivity index (χ1n) is 7.04. The fraction of sp³-hybridized carbons (Fsp3) is 0.188. The third kappa shape index (κ3) is 4.50. The molecule has 0 saturated carbocycles. The van der Waals surface area contributed by atoms with Crippen molar-refractivity contribution in [2.45, 2.75) is 6.04 Å². The van der Waals surface area contributed by atoms with Crippen molar-refractivity contribution in [3.05, 3.63) is 59.1 Å². The summed E-state index contributed by atoms with van der Waals surface area (Å²) in [5, 5.41) is 2.75. The number of aromatic nitrogens is 1. The summed E-state index contributed by atoms with van der Waals surface area (Å²) >= 11 is 5.88. The fourth-order valence-corrected chi connectivity index (χ4v) is 2.47. The van der Waals surface area contributed by atoms with Gasteiger partial charge in [-0.15, -0.1) is 0 Å². The number of hydrogen-bond acceptors (Lipinski definition) is 4. The van der Waals surface area contributed by atoms with E-state index in [1.54, 1.807) is 25.2 Å². The van der Waals surface area contributed by atoms with Crippen molar-refractivity contribution in [1.82, 2.24) is 9.88 Å². The molecule has 1 atom stereocenters. The first-order valence-corrected chi connectivity index (χ1v) is 7.41. The van der Waals surface area contributed by atoms with Gasteiger partial charge in [0.25, 0.3) is 0 Å². The molecule has 0 aliphatic carbocycles. The molecule has 24 heavy (non-hydrogen) atoms. The molecule has 1 heterocycles. The van der Waals surface area contributed by atoms with E-state index < -0.39 is 23.7 Å². The van der Waals surface area contributed by atoms with Gasteiger partial charge in [0, 0.05) is 6.20 Å². The molecule has 2 aromatic rings. The number of primary amides is 1. The number of benzene rings is 1. The van der Waals surface area contributed by atoms with Gasteiger partial charge in [-0.2, -0.15) is 0 Å². The van der Waals surface area contributed by atoms with Crippen LogP contribution < -0.4 is 11.1 Å². The van der Waals surface area contributed by atoms with Crippen LogP contribution in [0.3, 0.4) is 0 Å². The summed E-state index contributed by atoms with van der Waals surface area (Å²) in [6.07, 6.45) is 1.50. The summed E-state index contributed by atoms with van der Waals surface area (Å²) in [5.41, 5.74) is 6.14. The lowest BCUT2D eigenvalue weighted by molar-refractivity contribution is -0.124. The van der Waals surface area contributed by atoms with E-state index in [1.165, 1.54) is 29.3 Å². The largest absolute Gasteiger partial charge is 0.368 e. The number of nitrogens with two attached hydrogens (primary N) is 1. The molecule has 0 aliphatic heterocycles. The molecule has 1 aromatic heterocycles. The zero-order chi connectivity index (χ0) is 17.7. The predicted octanol–water partition coefficient (Wildman–Crippen LogP) is 1.97. The standard InChI is InChI=1S/C16H16ClFN4O2/c1-22(9-13(23)21-12-6-3-7-20-15(12)17)14(16(19)24)10-4-2-5-11(18)8-10/h2-8,14H,9H2,1H3,(H2,19,24)(H,21,23). The topological polar surface area (TPSA) is 88.3 Å². The van der Waals surface area contributed by atoms with Gasteiger partial charge in [0.1, 0.15) is 11.9 Å². The van der Waals surface area contributed by atoms with E-state index in [0.29, 0.717) is 11.3 Å². The molecule has 8 heteroatoms. The Bertz CT molecular complexity index is 756. The average Bonchev–Trinajstić information content (AvgIpc) is 2.49. The molecule has 126 valence electrons. The van der Waals surface area contributed by atoms with E-state index in [9.17, 15) is 14.0 Å². The Kier molecular flexibility index (Phi) is 5.83. The number of likely N-dealkylation sites (N-methyl/N-ethyl adjacent to an activating group) is 1. The SMILES string of the molecule is CN(CC(=O)Nc1cccnc1Cl)C(C(N)=O)c1cccc(F)c1. The Balaban J connectivity index is 2.10. The Morgan fingerprint density at radius 3 is 2.75 bits per heavy atom. The normalized spacial score (nSPS) is 12.0. The minimum atomic E-state index is -0.934. The highest BCUT2D eigenvalue weighted by molar-refractivity contribution is 6.32. The van der Waals surface area contributed by atoms with Crippen LogP contribution in [0.1, 0.15) is 11.6 Å². The highest BCUT2D eigenvalue weighted by atomic mass is 35.5. The van der Waals surface area contributed by atoms with Crippen LogP contribution in [0.5, 0.6) is 0 Å². The molecular weight excluding hydrogens is 335 g/mol. The lowest BCUT2D eigenvalue weighted by Gasteiger charge is -2.25. The molecule has 2 rings (SSSR count). The second-order valence-corrected chi connectivity index (χ2v) is 5.52. The third-order valence-electron chi connectivity index (χ3n) is 3.30. The number of carbonyl (C=O) groups is 2. The van der Waals surface area contributed by atoms with Gasteiger partial charge in [0.15, 0.2) is 5.15 Å². The van der Waals surface area contributed by atoms with Gasteiger partial charge < -0.3 is 11.1 Å². The van der Waals surface area contributed by atoms with Crippen molar-refractivity contribution in [2.24, 2.45) is 5.73 Å². The zero-order valence-corrected chi connectivity index (χ0v) is 13.6. The minimum Gasteiger partial charge on any atom is -0.368 e. The summed E-state index contributed by atoms with van der Waals surface area (Å²) in [6.45, 7) is -0.144. The molecular formula is C16H16ClFN4O2. The van der Waals surface area contributed by atoms with Crippen molar-refractivity contribution in [3.63, 3.8) is 0 Å². The Hall–Kier alpha value is -2.51. The number of hydrogen-bond donors (Lipinski definition) is 2. The molecule has 1 unspecified atom stereocenters. The Morgan fingerprint density at radius 2 is 2.12 bits per heavy atom. The van der Waals surface area contributed by atoms with Gasteiger partial charge in [-0.05, 0) is 36.9 Å². The summed E-state index contributed by atoms with van der Waals surface area (Å²) < 4.78 is 13.4. The summed E-state index contributed by atoms with van der Waals surface area (Å²) in [6, 6.07) is 7.82. The molecule has 0 saturated heterocycles. The van der Waals surface area contributed by atoms with Gasteiger partial charge in [-0.1, -0.05) is 23.7 Å². The number of halogens is 2. The molecule has 0 radical (unpaired) electrons. The summed E-state index contributed by atoms with van der Waals surface area (Å²) in [4.78, 5) is 29.2. The molecule has 0 spiro atoms. The molecule has 3 N–H and O–H groups in total. The molecule has 2 amide bonds. The maximum absolute atomic E-state index is 13.4. The van der Waals surface area contributed by atoms with Crippen LogP contribution in [0.4, 0.5) is 10.1 Å². The number of carbonyl (C=O) groups excluding carboxylic acids is 2. The first kappa shape index (κ1) is 17.8. The van der Waals surface area contributed by atoms with Crippen molar-refractivity contribution >= 4 is 29.1 Å². The van der Waals surface area contributed by atoms with E-state index in [-0.39, 0.29) is 11.7 Å². The lowest BCUT2D eigenvalue weighted by Crippen LogP contribution is -2.39. The minimum absolute atomic E-state index is 0.144. The molecule has 0 bridgehead atoms. The molecule has 0 aliphatic rings. The summed E-state index contributed by atoms with van der Waals surface area (Å²) in [7, 11) is 1.55. The second kappa shape index (κ2) is 7.85. The zero-order valence-electron chi connectivity index (χ0n) is 12.9. The highest BCUT2D eigenvalue weighted by Crippen LogP contribution is 2.21. The number of anilines is 1. The van der Waals surface area contributed by atoms with Crippen molar-refractivity contribution in [3.8, 4) is 0 Å². The van der Waals surface area contributed by atoms with Gasteiger partial charge in [-0.25, -0.2) is 9.37 Å². The number of pyridine rings is 1. The van der Waals surface area contributed by atoms with Crippen LogP contribution in [0.25, 0.3) is 0 Å². The number of rotatable bonds is 6. The van der Waals surface area contributed by atoms with Crippen LogP contribution >= 0.6 is 11.6 Å². The lowest BCUT2D eigenvalue weighted by atomic mass is 10.0. The van der Waals surface area contributed by atoms with E-state index >= 15 is 0 Å². The molecule has 1 aromatic carbocycles. The number of nitrogens with one attached hydrogen (secondary N) is 1. The monoisotopic (exact) mass is 350 g/mol. The van der Waals surface area contributed by atoms with Gasteiger partial charge in [0.2, 0.25) is 11.8 Å². The average molecular weight is 351 g/mol. The van der Waals surface area contributed by atoms with E-state index in [1.807, 2.05) is 0 Å². The Morgan fingerprint density at radius 1 is 1.38 bits per heavy atom. The van der Waals surface area contributed by atoms with Crippen LogP contribution in [0.15, 0.2) is 42.6 Å². The van der Waals surface area contributed by atoms with Crippen LogP contribution in [0.2, 0.25) is 5.15 Å². The number of amides is 2. The van der Waals surface area contributed by atoms with Crippen molar-refractivity contribution in [2.75, 3.05) is 18.9 Å². The smallest absolute Gasteiger partial charge is 0.239 e. The second-order valence-electron chi connectivity index (χ2n) is 5.16. The highest BCUT2D eigenvalue weighted by Gasteiger charge is 2.25. The van der Waals surface area contributed by atoms with Crippen molar-refractivity contribution in [1.29, 1.82) is 0 Å². The maximum atomic E-state index is 13.4. The predicted molar refractivity (Wildman–Crippen MR) is 88.8 cm³/mol. The third-order valence-corrected chi connectivity index (χ3v) is 3.60. The maximum Gasteiger partial charge on any atom is 0.239 e.